The van der Waals surface area contributed by atoms with E-state index in [0.717, 1.165) is 17.5 Å². The number of nitrogens with zero attached hydrogens (tertiary/aromatic N) is 2. The topological polar surface area (TPSA) is 67.6 Å². The second kappa shape index (κ2) is 4.79. The first kappa shape index (κ1) is 11.8. The number of rotatable bonds is 2. The van der Waals surface area contributed by atoms with E-state index in [1.165, 1.54) is 7.11 Å². The molecule has 0 radical (unpaired) electrons. The average Bonchev–Trinajstić information content (AvgIpc) is 3.04. The Hall–Kier alpha value is -2.24. The summed E-state index contributed by atoms with van der Waals surface area (Å²) in [6.45, 7) is 1.29. The van der Waals surface area contributed by atoms with Crippen molar-refractivity contribution in [2.75, 3.05) is 25.5 Å². The SMILES string of the molecule is COC(=O)N1CC[C@H](Nc2nc3ccccc3o2)C1. The van der Waals surface area contributed by atoms with Crippen LogP contribution in [0.3, 0.4) is 0 Å². The minimum atomic E-state index is -0.290. The van der Waals surface area contributed by atoms with Gasteiger partial charge in [-0.3, -0.25) is 0 Å². The Balaban J connectivity index is 1.67. The van der Waals surface area contributed by atoms with E-state index in [2.05, 4.69) is 10.3 Å². The van der Waals surface area contributed by atoms with Gasteiger partial charge in [-0.15, -0.1) is 0 Å². The van der Waals surface area contributed by atoms with E-state index in [4.69, 9.17) is 9.15 Å². The summed E-state index contributed by atoms with van der Waals surface area (Å²) >= 11 is 0. The molecule has 6 nitrogen and oxygen atoms in total. The van der Waals surface area contributed by atoms with E-state index in [9.17, 15) is 4.79 Å². The normalized spacial score (nSPS) is 18.8. The molecule has 1 aliphatic rings. The van der Waals surface area contributed by atoms with E-state index in [1.54, 1.807) is 4.90 Å². The summed E-state index contributed by atoms with van der Waals surface area (Å²) in [7, 11) is 1.39. The third-order valence-electron chi connectivity index (χ3n) is 3.24. The Labute approximate surface area is 110 Å². The summed E-state index contributed by atoms with van der Waals surface area (Å²) < 4.78 is 10.3. The highest BCUT2D eigenvalue weighted by Crippen LogP contribution is 2.21. The van der Waals surface area contributed by atoms with Crippen molar-refractivity contribution in [3.8, 4) is 0 Å². The highest BCUT2D eigenvalue weighted by molar-refractivity contribution is 5.74. The minimum Gasteiger partial charge on any atom is -0.453 e. The van der Waals surface area contributed by atoms with Crippen LogP contribution in [-0.2, 0) is 4.74 Å². The second-order valence-electron chi connectivity index (χ2n) is 4.53. The van der Waals surface area contributed by atoms with Crippen molar-refractivity contribution in [2.45, 2.75) is 12.5 Å². The van der Waals surface area contributed by atoms with Gasteiger partial charge in [0.2, 0.25) is 0 Å². The number of anilines is 1. The number of nitrogens with one attached hydrogen (secondary N) is 1. The van der Waals surface area contributed by atoms with Crippen molar-refractivity contribution in [3.05, 3.63) is 24.3 Å². The first-order valence-electron chi connectivity index (χ1n) is 6.21. The maximum atomic E-state index is 11.4. The van der Waals surface area contributed by atoms with Gasteiger partial charge in [-0.1, -0.05) is 12.1 Å². The number of likely N-dealkylation sites (tertiary alicyclic amines) is 1. The fraction of sp³-hybridized carbons (Fsp3) is 0.385. The van der Waals surface area contributed by atoms with Gasteiger partial charge in [0.05, 0.1) is 7.11 Å². The number of ether oxygens (including phenoxy) is 1. The van der Waals surface area contributed by atoms with E-state index >= 15 is 0 Å². The van der Waals surface area contributed by atoms with Crippen molar-refractivity contribution in [1.29, 1.82) is 0 Å². The lowest BCUT2D eigenvalue weighted by atomic mass is 10.3. The molecule has 1 aromatic carbocycles. The van der Waals surface area contributed by atoms with Gasteiger partial charge >= 0.3 is 6.09 Å². The van der Waals surface area contributed by atoms with E-state index in [1.807, 2.05) is 24.3 Å². The van der Waals surface area contributed by atoms with Crippen LogP contribution >= 0.6 is 0 Å². The van der Waals surface area contributed by atoms with Crippen LogP contribution in [0.15, 0.2) is 28.7 Å². The molecule has 3 rings (SSSR count). The molecule has 1 fully saturated rings. The molecule has 1 saturated heterocycles. The maximum absolute atomic E-state index is 11.4. The molecule has 1 atom stereocenters. The molecule has 100 valence electrons. The van der Waals surface area contributed by atoms with Crippen LogP contribution in [0.2, 0.25) is 0 Å². The zero-order valence-electron chi connectivity index (χ0n) is 10.6. The molecular formula is C13H15N3O3. The fourth-order valence-electron chi connectivity index (χ4n) is 2.28. The predicted molar refractivity (Wildman–Crippen MR) is 70.0 cm³/mol. The second-order valence-corrected chi connectivity index (χ2v) is 4.53. The van der Waals surface area contributed by atoms with Crippen molar-refractivity contribution < 1.29 is 13.9 Å². The van der Waals surface area contributed by atoms with E-state index < -0.39 is 0 Å². The van der Waals surface area contributed by atoms with Crippen molar-refractivity contribution in [3.63, 3.8) is 0 Å². The molecule has 0 saturated carbocycles. The number of fused-ring (bicyclic) bond motifs is 1. The van der Waals surface area contributed by atoms with Gasteiger partial charge in [0, 0.05) is 19.1 Å². The van der Waals surface area contributed by atoms with Crippen molar-refractivity contribution in [1.82, 2.24) is 9.88 Å². The maximum Gasteiger partial charge on any atom is 0.409 e. The Kier molecular flexibility index (Phi) is 2.98. The number of benzene rings is 1. The van der Waals surface area contributed by atoms with Crippen LogP contribution in [0.25, 0.3) is 11.1 Å². The third kappa shape index (κ3) is 2.33. The lowest BCUT2D eigenvalue weighted by molar-refractivity contribution is 0.132. The summed E-state index contributed by atoms with van der Waals surface area (Å²) in [5, 5.41) is 3.21. The number of hydrogen-bond donors (Lipinski definition) is 1. The fourth-order valence-corrected chi connectivity index (χ4v) is 2.28. The molecule has 1 aromatic heterocycles. The van der Waals surface area contributed by atoms with Crippen LogP contribution in [0.5, 0.6) is 0 Å². The standard InChI is InChI=1S/C13H15N3O3/c1-18-13(17)16-7-6-9(8-16)14-12-15-10-4-2-3-5-11(10)19-12/h2-5,9H,6-8H2,1H3,(H,14,15)/t9-/m0/s1. The highest BCUT2D eigenvalue weighted by atomic mass is 16.5. The number of aromatic nitrogens is 1. The summed E-state index contributed by atoms with van der Waals surface area (Å²) in [5.74, 6) is 0. The molecule has 1 amide bonds. The number of carbonyl (C=O) groups excluding carboxylic acids is 1. The molecule has 0 bridgehead atoms. The van der Waals surface area contributed by atoms with Crippen LogP contribution < -0.4 is 5.32 Å². The molecule has 6 heteroatoms. The highest BCUT2D eigenvalue weighted by Gasteiger charge is 2.27. The summed E-state index contributed by atoms with van der Waals surface area (Å²) in [4.78, 5) is 17.4. The zero-order valence-corrected chi connectivity index (χ0v) is 10.6. The number of para-hydroxylation sites is 2. The van der Waals surface area contributed by atoms with E-state index in [-0.39, 0.29) is 12.1 Å². The van der Waals surface area contributed by atoms with Gasteiger partial charge in [0.25, 0.3) is 6.01 Å². The molecule has 19 heavy (non-hydrogen) atoms. The van der Waals surface area contributed by atoms with Gasteiger partial charge in [-0.2, -0.15) is 4.98 Å². The Morgan fingerprint density at radius 2 is 2.37 bits per heavy atom. The minimum absolute atomic E-state index is 0.146. The van der Waals surface area contributed by atoms with Crippen LogP contribution in [0.1, 0.15) is 6.42 Å². The van der Waals surface area contributed by atoms with Gasteiger partial charge in [0.15, 0.2) is 5.58 Å². The van der Waals surface area contributed by atoms with Gasteiger partial charge in [0.1, 0.15) is 5.52 Å². The number of carbonyl (C=O) groups is 1. The van der Waals surface area contributed by atoms with Crippen LogP contribution in [-0.4, -0.2) is 42.2 Å². The Morgan fingerprint density at radius 1 is 1.53 bits per heavy atom. The number of oxazole rings is 1. The molecule has 0 aliphatic carbocycles. The summed E-state index contributed by atoms with van der Waals surface area (Å²) in [5.41, 5.74) is 1.58. The average molecular weight is 261 g/mol. The first-order valence-corrected chi connectivity index (χ1v) is 6.21. The lowest BCUT2D eigenvalue weighted by Gasteiger charge is -2.14. The van der Waals surface area contributed by atoms with Gasteiger partial charge in [-0.05, 0) is 18.6 Å². The molecule has 2 heterocycles. The predicted octanol–water partition coefficient (Wildman–Crippen LogP) is 2.08. The Morgan fingerprint density at radius 3 is 3.16 bits per heavy atom. The monoisotopic (exact) mass is 261 g/mol. The molecule has 0 unspecified atom stereocenters. The van der Waals surface area contributed by atoms with Gasteiger partial charge < -0.3 is 19.4 Å². The largest absolute Gasteiger partial charge is 0.453 e. The third-order valence-corrected chi connectivity index (χ3v) is 3.24. The molecule has 1 N–H and O–H groups in total. The molecule has 1 aliphatic heterocycles. The summed E-state index contributed by atoms with van der Waals surface area (Å²) in [6, 6.07) is 8.25. The smallest absolute Gasteiger partial charge is 0.409 e. The molecule has 0 spiro atoms. The quantitative estimate of drug-likeness (QED) is 0.896. The Bertz CT molecular complexity index is 563. The van der Waals surface area contributed by atoms with E-state index in [0.29, 0.717) is 19.1 Å². The number of hydrogen-bond acceptors (Lipinski definition) is 5. The van der Waals surface area contributed by atoms with Crippen molar-refractivity contribution in [2.24, 2.45) is 0 Å². The van der Waals surface area contributed by atoms with Crippen LogP contribution in [0.4, 0.5) is 10.8 Å². The lowest BCUT2D eigenvalue weighted by Crippen LogP contribution is -2.31. The van der Waals surface area contributed by atoms with Crippen LogP contribution in [0, 0.1) is 0 Å². The van der Waals surface area contributed by atoms with Gasteiger partial charge in [-0.25, -0.2) is 4.79 Å². The number of amides is 1. The summed E-state index contributed by atoms with van der Waals surface area (Å²) in [6.07, 6.45) is 0.565. The molecular weight excluding hydrogens is 246 g/mol. The molecule has 2 aromatic rings. The first-order chi connectivity index (χ1) is 9.26. The van der Waals surface area contributed by atoms with Crippen molar-refractivity contribution >= 4 is 23.2 Å². The zero-order chi connectivity index (χ0) is 13.2. The number of methoxy groups -OCH3 is 1.